The van der Waals surface area contributed by atoms with Crippen molar-refractivity contribution in [3.8, 4) is 0 Å². The summed E-state index contributed by atoms with van der Waals surface area (Å²) in [5.41, 5.74) is 0.729. The van der Waals surface area contributed by atoms with Gasteiger partial charge in [-0.05, 0) is 43.4 Å². The molecule has 2 unspecified atom stereocenters. The monoisotopic (exact) mass is 178 g/mol. The number of fused-ring (bicyclic) bond motifs is 3. The van der Waals surface area contributed by atoms with E-state index >= 15 is 0 Å². The molecule has 0 aliphatic heterocycles. The van der Waals surface area contributed by atoms with E-state index < -0.39 is 0 Å². The Kier molecular flexibility index (Phi) is 1.38. The van der Waals surface area contributed by atoms with Gasteiger partial charge in [-0.1, -0.05) is 0 Å². The fraction of sp³-hybridized carbons (Fsp3) is 0.727. The Hall–Kier alpha value is -0.790. The van der Waals surface area contributed by atoms with Gasteiger partial charge in [0.25, 0.3) is 0 Å². The highest BCUT2D eigenvalue weighted by atomic mass is 16.2. The van der Waals surface area contributed by atoms with Crippen LogP contribution in [0.5, 0.6) is 0 Å². The highest BCUT2D eigenvalue weighted by Gasteiger charge is 2.58. The van der Waals surface area contributed by atoms with Gasteiger partial charge in [0.2, 0.25) is 0 Å². The van der Waals surface area contributed by atoms with Crippen molar-refractivity contribution in [3.63, 3.8) is 0 Å². The van der Waals surface area contributed by atoms with E-state index in [-0.39, 0.29) is 5.78 Å². The van der Waals surface area contributed by atoms with Crippen molar-refractivity contribution in [1.82, 2.24) is 0 Å². The normalized spacial score (nSPS) is 50.5. The maximum Gasteiger partial charge on any atom is 0.165 e. The van der Waals surface area contributed by atoms with Crippen LogP contribution in [0.25, 0.3) is 0 Å². The van der Waals surface area contributed by atoms with Gasteiger partial charge in [0.15, 0.2) is 5.78 Å². The quantitative estimate of drug-likeness (QED) is 0.455. The lowest BCUT2D eigenvalue weighted by molar-refractivity contribution is -0.117. The molecule has 4 rings (SSSR count). The van der Waals surface area contributed by atoms with Crippen LogP contribution in [-0.2, 0) is 4.79 Å². The fourth-order valence-electron chi connectivity index (χ4n) is 3.43. The molecular formula is C11H14O2. The van der Waals surface area contributed by atoms with Crippen molar-refractivity contribution in [2.24, 2.45) is 23.7 Å². The molecule has 4 bridgehead atoms. The number of rotatable bonds is 0. The molecule has 0 aromatic carbocycles. The molecule has 70 valence electrons. The van der Waals surface area contributed by atoms with Gasteiger partial charge in [0.05, 0.1) is 6.26 Å². The van der Waals surface area contributed by atoms with Crippen LogP contribution < -0.4 is 0 Å². The molecule has 0 amide bonds. The first-order valence-corrected chi connectivity index (χ1v) is 5.21. The van der Waals surface area contributed by atoms with Gasteiger partial charge in [-0.2, -0.15) is 0 Å². The molecule has 0 radical (unpaired) electrons. The van der Waals surface area contributed by atoms with E-state index in [1.54, 1.807) is 0 Å². The molecule has 13 heavy (non-hydrogen) atoms. The zero-order chi connectivity index (χ0) is 9.00. The lowest BCUT2D eigenvalue weighted by Crippen LogP contribution is -2.11. The zero-order valence-corrected chi connectivity index (χ0v) is 7.57. The topological polar surface area (TPSA) is 37.3 Å². The molecule has 4 aliphatic carbocycles. The van der Waals surface area contributed by atoms with E-state index in [1.165, 1.54) is 12.8 Å². The first-order chi connectivity index (χ1) is 6.33. The molecule has 1 N–H and O–H groups in total. The standard InChI is InChI=1S/C11H14O2/c12-5-9-6-1-3-7-8(4-2-6)10(7)11(9)13/h5-8,10,12H,1-4H2/b9-5+. The molecule has 4 aliphatic rings. The van der Waals surface area contributed by atoms with Gasteiger partial charge < -0.3 is 5.11 Å². The Morgan fingerprint density at radius 1 is 1.15 bits per heavy atom. The van der Waals surface area contributed by atoms with Gasteiger partial charge >= 0.3 is 0 Å². The zero-order valence-electron chi connectivity index (χ0n) is 7.57. The summed E-state index contributed by atoms with van der Waals surface area (Å²) in [6, 6.07) is 0. The number of hydrogen-bond donors (Lipinski definition) is 1. The van der Waals surface area contributed by atoms with Crippen LogP contribution in [0, 0.1) is 23.7 Å². The Bertz CT molecular complexity index is 278. The van der Waals surface area contributed by atoms with Crippen molar-refractivity contribution >= 4 is 5.78 Å². The molecule has 2 atom stereocenters. The third-order valence-electron chi connectivity index (χ3n) is 4.19. The van der Waals surface area contributed by atoms with Gasteiger partial charge in [-0.25, -0.2) is 0 Å². The predicted octanol–water partition coefficient (Wildman–Crippen LogP) is 2.06. The van der Waals surface area contributed by atoms with Crippen LogP contribution in [0.3, 0.4) is 0 Å². The Labute approximate surface area is 77.6 Å². The highest BCUT2D eigenvalue weighted by molar-refractivity contribution is 6.00. The SMILES string of the molecule is O=C1/C(=C/O)C2CCC3C(CC2)C13. The highest BCUT2D eigenvalue weighted by Crippen LogP contribution is 2.60. The summed E-state index contributed by atoms with van der Waals surface area (Å²) < 4.78 is 0. The maximum atomic E-state index is 11.9. The third kappa shape index (κ3) is 0.862. The molecule has 0 aromatic heterocycles. The second-order valence-corrected chi connectivity index (χ2v) is 4.65. The van der Waals surface area contributed by atoms with Crippen LogP contribution in [0.1, 0.15) is 25.7 Å². The van der Waals surface area contributed by atoms with E-state index in [0.717, 1.165) is 24.7 Å². The van der Waals surface area contributed by atoms with Crippen molar-refractivity contribution in [1.29, 1.82) is 0 Å². The molecule has 2 nitrogen and oxygen atoms in total. The summed E-state index contributed by atoms with van der Waals surface area (Å²) in [5, 5.41) is 9.06. The Morgan fingerprint density at radius 3 is 2.31 bits per heavy atom. The van der Waals surface area contributed by atoms with Crippen LogP contribution in [-0.4, -0.2) is 10.9 Å². The van der Waals surface area contributed by atoms with E-state index in [4.69, 9.17) is 5.11 Å². The smallest absolute Gasteiger partial charge is 0.165 e. The Balaban J connectivity index is 2.05. The maximum absolute atomic E-state index is 11.9. The van der Waals surface area contributed by atoms with Gasteiger partial charge in [0.1, 0.15) is 0 Å². The summed E-state index contributed by atoms with van der Waals surface area (Å²) in [6.45, 7) is 0. The van der Waals surface area contributed by atoms with Crippen LogP contribution >= 0.6 is 0 Å². The molecule has 4 saturated carbocycles. The number of hydrogen-bond acceptors (Lipinski definition) is 2. The van der Waals surface area contributed by atoms with Crippen molar-refractivity contribution in [2.75, 3.05) is 0 Å². The molecule has 0 spiro atoms. The van der Waals surface area contributed by atoms with Crippen LogP contribution in [0.15, 0.2) is 11.8 Å². The van der Waals surface area contributed by atoms with Gasteiger partial charge in [-0.15, -0.1) is 0 Å². The number of allylic oxidation sites excluding steroid dienone is 1. The first-order valence-electron chi connectivity index (χ1n) is 5.21. The second kappa shape index (κ2) is 2.37. The molecular weight excluding hydrogens is 164 g/mol. The largest absolute Gasteiger partial charge is 0.515 e. The predicted molar refractivity (Wildman–Crippen MR) is 48.1 cm³/mol. The van der Waals surface area contributed by atoms with Crippen molar-refractivity contribution < 1.29 is 9.90 Å². The summed E-state index contributed by atoms with van der Waals surface area (Å²) >= 11 is 0. The molecule has 0 saturated heterocycles. The summed E-state index contributed by atoms with van der Waals surface area (Å²) in [4.78, 5) is 11.9. The number of carbonyl (C=O) groups excluding carboxylic acids is 1. The van der Waals surface area contributed by atoms with E-state index in [2.05, 4.69) is 0 Å². The summed E-state index contributed by atoms with van der Waals surface area (Å²) in [5.74, 6) is 2.28. The minimum Gasteiger partial charge on any atom is -0.515 e. The van der Waals surface area contributed by atoms with Crippen molar-refractivity contribution in [2.45, 2.75) is 25.7 Å². The minimum atomic E-state index is 0.262. The lowest BCUT2D eigenvalue weighted by Gasteiger charge is -2.12. The number of aliphatic hydroxyl groups excluding tert-OH is 1. The average Bonchev–Trinajstić information content (AvgIpc) is 2.82. The lowest BCUT2D eigenvalue weighted by atomic mass is 9.92. The Morgan fingerprint density at radius 2 is 1.77 bits per heavy atom. The third-order valence-corrected chi connectivity index (χ3v) is 4.19. The first kappa shape index (κ1) is 7.60. The summed E-state index contributed by atoms with van der Waals surface area (Å²) in [7, 11) is 0. The van der Waals surface area contributed by atoms with Gasteiger partial charge in [0, 0.05) is 11.5 Å². The molecule has 4 fully saturated rings. The van der Waals surface area contributed by atoms with Crippen LogP contribution in [0.4, 0.5) is 0 Å². The van der Waals surface area contributed by atoms with Crippen LogP contribution in [0.2, 0.25) is 0 Å². The van der Waals surface area contributed by atoms with E-state index in [1.807, 2.05) is 0 Å². The average molecular weight is 178 g/mol. The fourth-order valence-corrected chi connectivity index (χ4v) is 3.43. The van der Waals surface area contributed by atoms with E-state index in [0.29, 0.717) is 23.7 Å². The number of carbonyl (C=O) groups is 1. The molecule has 0 heterocycles. The van der Waals surface area contributed by atoms with Gasteiger partial charge in [-0.3, -0.25) is 4.79 Å². The second-order valence-electron chi connectivity index (χ2n) is 4.65. The summed E-state index contributed by atoms with van der Waals surface area (Å²) in [6.07, 6.45) is 5.74. The molecule has 0 aromatic rings. The number of Topliss-reactive ketones (excluding diaryl/α,β-unsaturated/α-hetero) is 1. The van der Waals surface area contributed by atoms with Crippen molar-refractivity contribution in [3.05, 3.63) is 11.8 Å². The number of aliphatic hydroxyl groups is 1. The minimum absolute atomic E-state index is 0.262. The molecule has 2 heteroatoms. The number of ketones is 1. The van der Waals surface area contributed by atoms with E-state index in [9.17, 15) is 4.79 Å².